The van der Waals surface area contributed by atoms with Crippen LogP contribution in [0.3, 0.4) is 0 Å². The van der Waals surface area contributed by atoms with Gasteiger partial charge in [0, 0.05) is 12.4 Å². The van der Waals surface area contributed by atoms with E-state index in [-0.39, 0.29) is 0 Å². The van der Waals surface area contributed by atoms with Crippen LogP contribution < -0.4 is 0 Å². The van der Waals surface area contributed by atoms with Gasteiger partial charge < -0.3 is 0 Å². The summed E-state index contributed by atoms with van der Waals surface area (Å²) in [6.45, 7) is 0. The van der Waals surface area contributed by atoms with Crippen molar-refractivity contribution in [2.75, 3.05) is 0 Å². The van der Waals surface area contributed by atoms with Gasteiger partial charge in [-0.2, -0.15) is 15.4 Å². The van der Waals surface area contributed by atoms with Gasteiger partial charge in [-0.05, 0) is 12.1 Å². The molecule has 0 fully saturated rings. The number of H-pyrrole nitrogens is 1. The Morgan fingerprint density at radius 2 is 1.33 bits per heavy atom. The Kier molecular flexibility index (Phi) is 2.30. The summed E-state index contributed by atoms with van der Waals surface area (Å²) in [6.07, 6.45) is 3.26. The number of nitrogens with one attached hydrogen (secondary N) is 1. The van der Waals surface area contributed by atoms with Crippen molar-refractivity contribution in [3.05, 3.63) is 36.7 Å². The molecule has 1 N–H and O–H groups in total. The van der Waals surface area contributed by atoms with E-state index in [1.807, 2.05) is 24.3 Å². The quantitative estimate of drug-likeness (QED) is 0.554. The van der Waals surface area contributed by atoms with Crippen LogP contribution in [0.2, 0.25) is 0 Å². The van der Waals surface area contributed by atoms with Crippen LogP contribution in [0.25, 0.3) is 0 Å². The van der Waals surface area contributed by atoms with E-state index in [0.29, 0.717) is 0 Å². The summed E-state index contributed by atoms with van der Waals surface area (Å²) in [5.74, 6) is 0. The molecule has 0 aliphatic heterocycles. The average molecular weight is 121 g/mol. The molecule has 0 spiro atoms. The fourth-order valence-electron chi connectivity index (χ4n) is 0.414. The highest BCUT2D eigenvalue weighted by atomic mass is 15.3. The summed E-state index contributed by atoms with van der Waals surface area (Å²) >= 11 is 0. The second kappa shape index (κ2) is 3.60. The normalized spacial score (nSPS) is 8.00. The number of hydrogen-bond donors (Lipinski definition) is 1. The van der Waals surface area contributed by atoms with Gasteiger partial charge >= 0.3 is 0 Å². The van der Waals surface area contributed by atoms with E-state index in [1.165, 1.54) is 0 Å². The summed E-state index contributed by atoms with van der Waals surface area (Å²) in [4.78, 5) is 0. The molecule has 0 aromatic carbocycles. The van der Waals surface area contributed by atoms with Crippen LogP contribution in [0.5, 0.6) is 0 Å². The van der Waals surface area contributed by atoms with Crippen LogP contribution in [0.15, 0.2) is 36.7 Å². The molecule has 0 aliphatic rings. The molecule has 1 aromatic heterocycles. The first kappa shape index (κ1) is 5.75. The lowest BCUT2D eigenvalue weighted by Gasteiger charge is -1.65. The van der Waals surface area contributed by atoms with Gasteiger partial charge in [0.15, 0.2) is 0 Å². The molecule has 0 aliphatic carbocycles. The zero-order valence-electron chi connectivity index (χ0n) is 4.86. The molecule has 0 bridgehead atoms. The van der Waals surface area contributed by atoms with E-state index in [4.69, 9.17) is 0 Å². The third-order valence-corrected chi connectivity index (χ3v) is 0.770. The standard InChI is InChI=1S/C6H7N3/c1-2-4-6-8-9-7-5-3-1/h1-6,9H. The zero-order valence-corrected chi connectivity index (χ0v) is 4.86. The van der Waals surface area contributed by atoms with Gasteiger partial charge in [0.2, 0.25) is 0 Å². The maximum Gasteiger partial charge on any atom is 0.0488 e. The molecule has 0 radical (unpaired) electrons. The maximum absolute atomic E-state index is 3.69. The second-order valence-corrected chi connectivity index (χ2v) is 1.43. The largest absolute Gasteiger partial charge is 0.198 e. The molecule has 0 atom stereocenters. The Balaban J connectivity index is 3.04. The smallest absolute Gasteiger partial charge is 0.0488 e. The monoisotopic (exact) mass is 121 g/mol. The molecular formula is C6H7N3. The average Bonchev–Trinajstić information content (AvgIpc) is 2.00. The van der Waals surface area contributed by atoms with Crippen LogP contribution in [0.4, 0.5) is 0 Å². The van der Waals surface area contributed by atoms with E-state index in [9.17, 15) is 0 Å². The predicted octanol–water partition coefficient (Wildman–Crippen LogP) is 0.929. The van der Waals surface area contributed by atoms with Crippen molar-refractivity contribution in [3.63, 3.8) is 0 Å². The van der Waals surface area contributed by atoms with Gasteiger partial charge in [-0.3, -0.25) is 0 Å². The van der Waals surface area contributed by atoms with Crippen LogP contribution in [0.1, 0.15) is 0 Å². The minimum absolute atomic E-state index is 1.63. The number of aromatic amines is 1. The predicted molar refractivity (Wildman–Crippen MR) is 34.0 cm³/mol. The Morgan fingerprint density at radius 1 is 0.778 bits per heavy atom. The Hall–Kier alpha value is -1.38. The van der Waals surface area contributed by atoms with E-state index < -0.39 is 0 Å². The first-order chi connectivity index (χ1) is 4.50. The molecule has 1 rings (SSSR count). The van der Waals surface area contributed by atoms with E-state index in [1.54, 1.807) is 12.4 Å². The first-order valence-electron chi connectivity index (χ1n) is 2.63. The summed E-state index contributed by atoms with van der Waals surface area (Å²) < 4.78 is 0. The Morgan fingerprint density at radius 3 is 1.89 bits per heavy atom. The van der Waals surface area contributed by atoms with Gasteiger partial charge in [-0.1, -0.05) is 12.1 Å². The highest BCUT2D eigenvalue weighted by Crippen LogP contribution is 1.71. The molecule has 0 saturated heterocycles. The second-order valence-electron chi connectivity index (χ2n) is 1.43. The number of aromatic nitrogens is 3. The van der Waals surface area contributed by atoms with Crippen LogP contribution in [0, 0.1) is 0 Å². The summed E-state index contributed by atoms with van der Waals surface area (Å²) in [7, 11) is 0. The fourth-order valence-corrected chi connectivity index (χ4v) is 0.414. The Bertz CT molecular complexity index is 130. The fraction of sp³-hybridized carbons (Fsp3) is 0. The summed E-state index contributed by atoms with van der Waals surface area (Å²) in [6, 6.07) is 7.39. The first-order valence-corrected chi connectivity index (χ1v) is 2.63. The highest BCUT2D eigenvalue weighted by Gasteiger charge is 1.58. The number of hydrogen-bond acceptors (Lipinski definition) is 2. The highest BCUT2D eigenvalue weighted by molar-refractivity contribution is 4.87. The minimum atomic E-state index is 1.63. The van der Waals surface area contributed by atoms with Gasteiger partial charge in [0.1, 0.15) is 0 Å². The summed E-state index contributed by atoms with van der Waals surface area (Å²) in [5.41, 5.74) is 0. The van der Waals surface area contributed by atoms with Crippen molar-refractivity contribution in [1.82, 2.24) is 15.4 Å². The van der Waals surface area contributed by atoms with E-state index in [0.717, 1.165) is 0 Å². The van der Waals surface area contributed by atoms with E-state index in [2.05, 4.69) is 15.4 Å². The van der Waals surface area contributed by atoms with Crippen molar-refractivity contribution in [2.45, 2.75) is 0 Å². The van der Waals surface area contributed by atoms with Crippen molar-refractivity contribution in [3.8, 4) is 0 Å². The molecule has 9 heavy (non-hydrogen) atoms. The Labute approximate surface area is 53.1 Å². The number of nitrogens with zero attached hydrogens (tertiary/aromatic N) is 2. The topological polar surface area (TPSA) is 41.6 Å². The van der Waals surface area contributed by atoms with Gasteiger partial charge in [0.25, 0.3) is 0 Å². The van der Waals surface area contributed by atoms with Gasteiger partial charge in [-0.15, -0.1) is 0 Å². The van der Waals surface area contributed by atoms with Crippen LogP contribution >= 0.6 is 0 Å². The molecule has 3 nitrogen and oxygen atoms in total. The lowest BCUT2D eigenvalue weighted by atomic mass is 10.5. The molecule has 0 unspecified atom stereocenters. The van der Waals surface area contributed by atoms with Crippen molar-refractivity contribution < 1.29 is 0 Å². The third kappa shape index (κ3) is 2.43. The molecule has 0 saturated carbocycles. The SMILES string of the molecule is c1cccn[nH]ncc1. The lowest BCUT2D eigenvalue weighted by molar-refractivity contribution is 0.884. The van der Waals surface area contributed by atoms with Crippen molar-refractivity contribution >= 4 is 0 Å². The minimum Gasteiger partial charge on any atom is -0.198 e. The van der Waals surface area contributed by atoms with E-state index >= 15 is 0 Å². The third-order valence-electron chi connectivity index (χ3n) is 0.770. The zero-order chi connectivity index (χ0) is 6.36. The van der Waals surface area contributed by atoms with Crippen LogP contribution in [-0.2, 0) is 0 Å². The lowest BCUT2D eigenvalue weighted by Crippen LogP contribution is -1.73. The molecule has 1 aromatic rings. The number of rotatable bonds is 0. The van der Waals surface area contributed by atoms with Gasteiger partial charge in [-0.25, -0.2) is 0 Å². The molecule has 0 amide bonds. The summed E-state index contributed by atoms with van der Waals surface area (Å²) in [5, 5.41) is 9.85. The molecule has 3 heteroatoms. The van der Waals surface area contributed by atoms with Crippen molar-refractivity contribution in [2.24, 2.45) is 0 Å². The molecule has 1 heterocycles. The maximum atomic E-state index is 3.69. The molecular weight excluding hydrogens is 114 g/mol. The van der Waals surface area contributed by atoms with Crippen molar-refractivity contribution in [1.29, 1.82) is 0 Å². The van der Waals surface area contributed by atoms with Gasteiger partial charge in [0.05, 0.1) is 0 Å². The van der Waals surface area contributed by atoms with Crippen LogP contribution in [-0.4, -0.2) is 15.4 Å². The molecule has 46 valence electrons.